The minimum atomic E-state index is -0.801. The zero-order valence-corrected chi connectivity index (χ0v) is 18.5. The van der Waals surface area contributed by atoms with Gasteiger partial charge in [-0.3, -0.25) is 14.4 Å². The highest BCUT2D eigenvalue weighted by molar-refractivity contribution is 5.98. The number of halogens is 1. The number of amides is 3. The molecule has 6 nitrogen and oxygen atoms in total. The van der Waals surface area contributed by atoms with E-state index in [1.54, 1.807) is 23.1 Å². The minimum absolute atomic E-state index is 0.0416. The highest BCUT2D eigenvalue weighted by atomic mass is 19.1. The third kappa shape index (κ3) is 5.72. The number of hydrogen-bond donors (Lipinski definition) is 2. The molecule has 2 unspecified atom stereocenters. The summed E-state index contributed by atoms with van der Waals surface area (Å²) in [5.74, 6) is -1.73. The SMILES string of the molecule is CCC(C)NC(=O)C(NC(=O)c1ccccc1F)C1CCN(C(=O)c2ccccc2)CC1. The molecule has 0 aliphatic carbocycles. The lowest BCUT2D eigenvalue weighted by molar-refractivity contribution is -0.125. The van der Waals surface area contributed by atoms with Crippen LogP contribution in [-0.4, -0.2) is 47.8 Å². The molecule has 1 aliphatic heterocycles. The van der Waals surface area contributed by atoms with Crippen molar-refractivity contribution in [3.63, 3.8) is 0 Å². The van der Waals surface area contributed by atoms with Gasteiger partial charge in [0.15, 0.2) is 0 Å². The van der Waals surface area contributed by atoms with Gasteiger partial charge in [-0.25, -0.2) is 4.39 Å². The van der Waals surface area contributed by atoms with E-state index in [1.807, 2.05) is 32.0 Å². The Morgan fingerprint density at radius 3 is 2.25 bits per heavy atom. The second kappa shape index (κ2) is 10.9. The molecule has 0 spiro atoms. The van der Waals surface area contributed by atoms with E-state index in [9.17, 15) is 18.8 Å². The van der Waals surface area contributed by atoms with Crippen molar-refractivity contribution in [2.24, 2.45) is 5.92 Å². The third-order valence-electron chi connectivity index (χ3n) is 6.01. The third-order valence-corrected chi connectivity index (χ3v) is 6.01. The molecule has 2 atom stereocenters. The van der Waals surface area contributed by atoms with Crippen LogP contribution >= 0.6 is 0 Å². The quantitative estimate of drug-likeness (QED) is 0.694. The average Bonchev–Trinajstić information content (AvgIpc) is 2.82. The van der Waals surface area contributed by atoms with E-state index in [1.165, 1.54) is 18.2 Å². The molecule has 32 heavy (non-hydrogen) atoms. The van der Waals surface area contributed by atoms with E-state index < -0.39 is 17.8 Å². The smallest absolute Gasteiger partial charge is 0.254 e. The first-order chi connectivity index (χ1) is 15.4. The Balaban J connectivity index is 1.71. The Kier molecular flexibility index (Phi) is 7.98. The maximum atomic E-state index is 14.1. The highest BCUT2D eigenvalue weighted by Crippen LogP contribution is 2.23. The van der Waals surface area contributed by atoms with Gasteiger partial charge in [0, 0.05) is 24.7 Å². The van der Waals surface area contributed by atoms with Crippen LogP contribution in [-0.2, 0) is 4.79 Å². The van der Waals surface area contributed by atoms with Gasteiger partial charge in [0.25, 0.3) is 11.8 Å². The molecule has 0 bridgehead atoms. The summed E-state index contributed by atoms with van der Waals surface area (Å²) in [4.78, 5) is 40.2. The van der Waals surface area contributed by atoms with Gasteiger partial charge >= 0.3 is 0 Å². The van der Waals surface area contributed by atoms with Crippen LogP contribution in [0.3, 0.4) is 0 Å². The minimum Gasteiger partial charge on any atom is -0.352 e. The first-order valence-corrected chi connectivity index (χ1v) is 11.1. The molecule has 0 aromatic heterocycles. The van der Waals surface area contributed by atoms with E-state index in [2.05, 4.69) is 10.6 Å². The summed E-state index contributed by atoms with van der Waals surface area (Å²) in [6.45, 7) is 4.84. The van der Waals surface area contributed by atoms with Crippen molar-refractivity contribution in [2.75, 3.05) is 13.1 Å². The predicted octanol–water partition coefficient (Wildman–Crippen LogP) is 3.39. The molecule has 0 radical (unpaired) electrons. The summed E-state index contributed by atoms with van der Waals surface area (Å²) in [5, 5.41) is 5.68. The Hall–Kier alpha value is -3.22. The van der Waals surface area contributed by atoms with Crippen molar-refractivity contribution >= 4 is 17.7 Å². The molecule has 1 aliphatic rings. The van der Waals surface area contributed by atoms with Crippen molar-refractivity contribution in [1.82, 2.24) is 15.5 Å². The van der Waals surface area contributed by atoms with Crippen molar-refractivity contribution in [2.45, 2.75) is 45.2 Å². The van der Waals surface area contributed by atoms with E-state index >= 15 is 0 Å². The van der Waals surface area contributed by atoms with Gasteiger partial charge < -0.3 is 15.5 Å². The Morgan fingerprint density at radius 1 is 1.00 bits per heavy atom. The van der Waals surface area contributed by atoms with Crippen LogP contribution in [0.25, 0.3) is 0 Å². The summed E-state index contributed by atoms with van der Waals surface area (Å²) in [5.41, 5.74) is 0.537. The normalized spacial score (nSPS) is 16.2. The first-order valence-electron chi connectivity index (χ1n) is 11.1. The monoisotopic (exact) mass is 439 g/mol. The van der Waals surface area contributed by atoms with Gasteiger partial charge in [-0.1, -0.05) is 37.3 Å². The molecule has 3 amide bonds. The van der Waals surface area contributed by atoms with Crippen LogP contribution in [0.5, 0.6) is 0 Å². The number of carbonyl (C=O) groups is 3. The number of carbonyl (C=O) groups excluding carboxylic acids is 3. The zero-order valence-electron chi connectivity index (χ0n) is 18.5. The zero-order chi connectivity index (χ0) is 23.1. The number of nitrogens with one attached hydrogen (secondary N) is 2. The lowest BCUT2D eigenvalue weighted by atomic mass is 9.88. The number of nitrogens with zero attached hydrogens (tertiary/aromatic N) is 1. The summed E-state index contributed by atoms with van der Waals surface area (Å²) in [7, 11) is 0. The topological polar surface area (TPSA) is 78.5 Å². The lowest BCUT2D eigenvalue weighted by Gasteiger charge is -2.36. The molecule has 2 aromatic carbocycles. The Labute approximate surface area is 188 Å². The van der Waals surface area contributed by atoms with Gasteiger partial charge in [-0.15, -0.1) is 0 Å². The van der Waals surface area contributed by atoms with E-state index in [4.69, 9.17) is 0 Å². The van der Waals surface area contributed by atoms with Crippen molar-refractivity contribution in [3.05, 3.63) is 71.5 Å². The molecule has 1 heterocycles. The molecule has 1 fully saturated rings. The second-order valence-electron chi connectivity index (χ2n) is 8.24. The predicted molar refractivity (Wildman–Crippen MR) is 121 cm³/mol. The fourth-order valence-corrected chi connectivity index (χ4v) is 3.90. The number of hydrogen-bond acceptors (Lipinski definition) is 3. The summed E-state index contributed by atoms with van der Waals surface area (Å²) >= 11 is 0. The number of piperidine rings is 1. The van der Waals surface area contributed by atoms with Gasteiger partial charge in [-0.2, -0.15) is 0 Å². The Morgan fingerprint density at radius 2 is 1.62 bits per heavy atom. The van der Waals surface area contributed by atoms with Crippen LogP contribution in [0, 0.1) is 11.7 Å². The van der Waals surface area contributed by atoms with Crippen molar-refractivity contribution in [1.29, 1.82) is 0 Å². The van der Waals surface area contributed by atoms with Crippen molar-refractivity contribution < 1.29 is 18.8 Å². The largest absolute Gasteiger partial charge is 0.352 e. The van der Waals surface area contributed by atoms with Gasteiger partial charge in [-0.05, 0) is 56.4 Å². The fraction of sp³-hybridized carbons (Fsp3) is 0.400. The van der Waals surface area contributed by atoms with Gasteiger partial charge in [0.1, 0.15) is 11.9 Å². The van der Waals surface area contributed by atoms with Crippen LogP contribution in [0.2, 0.25) is 0 Å². The summed E-state index contributed by atoms with van der Waals surface area (Å²) in [6.07, 6.45) is 1.88. The van der Waals surface area contributed by atoms with Crippen molar-refractivity contribution in [3.8, 4) is 0 Å². The summed E-state index contributed by atoms with van der Waals surface area (Å²) in [6, 6.07) is 13.9. The van der Waals surface area contributed by atoms with E-state index in [-0.39, 0.29) is 29.3 Å². The van der Waals surface area contributed by atoms with Gasteiger partial charge in [0.2, 0.25) is 5.91 Å². The molecule has 2 N–H and O–H groups in total. The molecule has 1 saturated heterocycles. The van der Waals surface area contributed by atoms with E-state index in [0.29, 0.717) is 31.5 Å². The summed E-state index contributed by atoms with van der Waals surface area (Å²) < 4.78 is 14.1. The molecular formula is C25H30FN3O3. The number of likely N-dealkylation sites (tertiary alicyclic amines) is 1. The maximum absolute atomic E-state index is 14.1. The second-order valence-corrected chi connectivity index (χ2v) is 8.24. The number of rotatable bonds is 7. The van der Waals surface area contributed by atoms with E-state index in [0.717, 1.165) is 6.42 Å². The fourth-order valence-electron chi connectivity index (χ4n) is 3.90. The molecule has 0 saturated carbocycles. The highest BCUT2D eigenvalue weighted by Gasteiger charge is 2.34. The Bertz CT molecular complexity index is 942. The number of benzene rings is 2. The average molecular weight is 440 g/mol. The van der Waals surface area contributed by atoms with Crippen LogP contribution < -0.4 is 10.6 Å². The van der Waals surface area contributed by atoms with Crippen LogP contribution in [0.4, 0.5) is 4.39 Å². The lowest BCUT2D eigenvalue weighted by Crippen LogP contribution is -2.55. The van der Waals surface area contributed by atoms with Crippen LogP contribution in [0.15, 0.2) is 54.6 Å². The standard InChI is InChI=1S/C25H30FN3O3/c1-3-17(2)27-24(31)22(28-23(30)20-11-7-8-12-21(20)26)18-13-15-29(16-14-18)25(32)19-9-5-4-6-10-19/h4-12,17-18,22H,3,13-16H2,1-2H3,(H,27,31)(H,28,30). The first kappa shape index (κ1) is 23.4. The molecular weight excluding hydrogens is 409 g/mol. The molecule has 3 rings (SSSR count). The van der Waals surface area contributed by atoms with Crippen LogP contribution in [0.1, 0.15) is 53.8 Å². The van der Waals surface area contributed by atoms with Gasteiger partial charge in [0.05, 0.1) is 5.56 Å². The molecule has 7 heteroatoms. The maximum Gasteiger partial charge on any atom is 0.254 e. The molecule has 2 aromatic rings. The molecule has 170 valence electrons.